The second-order valence-electron chi connectivity index (χ2n) is 5.37. The first-order valence-corrected chi connectivity index (χ1v) is 7.53. The standard InChI is InChI=1S/C17H14N4O4/c22-16(19-12-4-2-1-3-5-12)8-9-20-11-18-15-7-6-13(21(24)25)10-14(15)17(20)23/h1-7,10-11H,8-9H2,(H,19,22). The third-order valence-electron chi connectivity index (χ3n) is 3.66. The van der Waals surface area contributed by atoms with E-state index in [-0.39, 0.29) is 29.9 Å². The zero-order valence-electron chi connectivity index (χ0n) is 13.1. The molecule has 0 saturated carbocycles. The number of aryl methyl sites for hydroxylation is 1. The van der Waals surface area contributed by atoms with Gasteiger partial charge in [0, 0.05) is 30.8 Å². The summed E-state index contributed by atoms with van der Waals surface area (Å²) in [5, 5.41) is 13.7. The van der Waals surface area contributed by atoms with E-state index in [0.717, 1.165) is 0 Å². The first-order chi connectivity index (χ1) is 12.0. The molecule has 0 aliphatic carbocycles. The molecule has 0 aliphatic heterocycles. The van der Waals surface area contributed by atoms with Gasteiger partial charge >= 0.3 is 0 Å². The number of nitrogens with one attached hydrogen (secondary N) is 1. The molecular weight excluding hydrogens is 324 g/mol. The Bertz CT molecular complexity index is 998. The number of rotatable bonds is 5. The first kappa shape index (κ1) is 16.3. The van der Waals surface area contributed by atoms with Crippen LogP contribution in [-0.2, 0) is 11.3 Å². The molecule has 2 aromatic carbocycles. The molecule has 25 heavy (non-hydrogen) atoms. The molecule has 126 valence electrons. The number of non-ortho nitro benzene ring substituents is 1. The van der Waals surface area contributed by atoms with Crippen LogP contribution in [-0.4, -0.2) is 20.4 Å². The predicted molar refractivity (Wildman–Crippen MR) is 92.3 cm³/mol. The number of nitro benzene ring substituents is 1. The quantitative estimate of drug-likeness (QED) is 0.567. The first-order valence-electron chi connectivity index (χ1n) is 7.53. The minimum atomic E-state index is -0.566. The van der Waals surface area contributed by atoms with E-state index in [1.807, 2.05) is 6.07 Å². The summed E-state index contributed by atoms with van der Waals surface area (Å²) in [5.74, 6) is -0.239. The lowest BCUT2D eigenvalue weighted by Crippen LogP contribution is -2.23. The average molecular weight is 338 g/mol. The molecule has 0 spiro atoms. The highest BCUT2D eigenvalue weighted by molar-refractivity contribution is 5.90. The van der Waals surface area contributed by atoms with E-state index in [1.165, 1.54) is 29.1 Å². The van der Waals surface area contributed by atoms with Crippen LogP contribution in [0.1, 0.15) is 6.42 Å². The molecule has 0 radical (unpaired) electrons. The zero-order valence-corrected chi connectivity index (χ0v) is 13.1. The minimum absolute atomic E-state index is 0.0803. The van der Waals surface area contributed by atoms with Crippen molar-refractivity contribution in [1.29, 1.82) is 0 Å². The Kier molecular flexibility index (Phi) is 4.51. The number of hydrogen-bond acceptors (Lipinski definition) is 5. The second-order valence-corrected chi connectivity index (χ2v) is 5.37. The number of anilines is 1. The summed E-state index contributed by atoms with van der Waals surface area (Å²) < 4.78 is 1.27. The Morgan fingerprint density at radius 1 is 1.20 bits per heavy atom. The number of nitro groups is 1. The smallest absolute Gasteiger partial charge is 0.270 e. The van der Waals surface area contributed by atoms with Crippen LogP contribution < -0.4 is 10.9 Å². The van der Waals surface area contributed by atoms with Gasteiger partial charge in [-0.2, -0.15) is 0 Å². The van der Waals surface area contributed by atoms with Gasteiger partial charge in [-0.1, -0.05) is 18.2 Å². The lowest BCUT2D eigenvalue weighted by atomic mass is 10.2. The predicted octanol–water partition coefficient (Wildman–Crippen LogP) is 2.33. The third-order valence-corrected chi connectivity index (χ3v) is 3.66. The van der Waals surface area contributed by atoms with Crippen molar-refractivity contribution in [3.63, 3.8) is 0 Å². The number of fused-ring (bicyclic) bond motifs is 1. The number of carbonyl (C=O) groups excluding carboxylic acids is 1. The van der Waals surface area contributed by atoms with Crippen molar-refractivity contribution in [1.82, 2.24) is 9.55 Å². The van der Waals surface area contributed by atoms with Crippen LogP contribution in [0.15, 0.2) is 59.7 Å². The summed E-state index contributed by atoms with van der Waals surface area (Å²) in [6, 6.07) is 12.9. The molecule has 1 amide bonds. The SMILES string of the molecule is O=C(CCn1cnc2ccc([N+](=O)[O-])cc2c1=O)Nc1ccccc1. The number of para-hydroxylation sites is 1. The summed E-state index contributed by atoms with van der Waals surface area (Å²) in [4.78, 5) is 38.8. The molecular formula is C17H14N4O4. The summed E-state index contributed by atoms with van der Waals surface area (Å²) in [6.07, 6.45) is 1.42. The van der Waals surface area contributed by atoms with Crippen LogP contribution >= 0.6 is 0 Å². The summed E-state index contributed by atoms with van der Waals surface area (Å²) in [5.41, 5.74) is 0.458. The number of hydrogen-bond donors (Lipinski definition) is 1. The van der Waals surface area contributed by atoms with Crippen LogP contribution in [0.25, 0.3) is 10.9 Å². The highest BCUT2D eigenvalue weighted by atomic mass is 16.6. The number of amides is 1. The molecule has 1 heterocycles. The van der Waals surface area contributed by atoms with Crippen molar-refractivity contribution in [2.45, 2.75) is 13.0 Å². The summed E-state index contributed by atoms with van der Waals surface area (Å²) >= 11 is 0. The van der Waals surface area contributed by atoms with E-state index in [4.69, 9.17) is 0 Å². The molecule has 1 N–H and O–H groups in total. The maximum Gasteiger partial charge on any atom is 0.270 e. The fraction of sp³-hybridized carbons (Fsp3) is 0.118. The Morgan fingerprint density at radius 2 is 1.96 bits per heavy atom. The van der Waals surface area contributed by atoms with Crippen molar-refractivity contribution in [3.8, 4) is 0 Å². The largest absolute Gasteiger partial charge is 0.326 e. The fourth-order valence-corrected chi connectivity index (χ4v) is 2.39. The summed E-state index contributed by atoms with van der Waals surface area (Å²) in [7, 11) is 0. The number of carbonyl (C=O) groups is 1. The monoisotopic (exact) mass is 338 g/mol. The number of benzene rings is 2. The summed E-state index contributed by atoms with van der Waals surface area (Å²) in [6.45, 7) is 0.128. The molecule has 8 heteroatoms. The van der Waals surface area contributed by atoms with Crippen molar-refractivity contribution in [2.75, 3.05) is 5.32 Å². The van der Waals surface area contributed by atoms with Gasteiger partial charge in [-0.05, 0) is 18.2 Å². The van der Waals surface area contributed by atoms with Gasteiger partial charge in [0.05, 0.1) is 22.2 Å². The van der Waals surface area contributed by atoms with Crippen molar-refractivity contribution in [3.05, 3.63) is 75.3 Å². The molecule has 0 atom stereocenters. The second kappa shape index (κ2) is 6.91. The van der Waals surface area contributed by atoms with E-state index in [0.29, 0.717) is 11.2 Å². The van der Waals surface area contributed by atoms with Gasteiger partial charge < -0.3 is 5.32 Å². The molecule has 8 nitrogen and oxygen atoms in total. The Morgan fingerprint density at radius 3 is 2.68 bits per heavy atom. The molecule has 0 fully saturated rings. The zero-order chi connectivity index (χ0) is 17.8. The molecule has 0 aliphatic rings. The van der Waals surface area contributed by atoms with Crippen molar-refractivity contribution in [2.24, 2.45) is 0 Å². The highest BCUT2D eigenvalue weighted by Crippen LogP contribution is 2.16. The molecule has 0 unspecified atom stereocenters. The van der Waals surface area contributed by atoms with Crippen LogP contribution in [0.2, 0.25) is 0 Å². The lowest BCUT2D eigenvalue weighted by Gasteiger charge is -2.07. The van der Waals surface area contributed by atoms with Gasteiger partial charge in [0.2, 0.25) is 5.91 Å². The van der Waals surface area contributed by atoms with Crippen LogP contribution in [0.5, 0.6) is 0 Å². The number of aromatic nitrogens is 2. The van der Waals surface area contributed by atoms with Gasteiger partial charge in [-0.3, -0.25) is 24.3 Å². The average Bonchev–Trinajstić information content (AvgIpc) is 2.62. The van der Waals surface area contributed by atoms with Crippen LogP contribution in [0.4, 0.5) is 11.4 Å². The minimum Gasteiger partial charge on any atom is -0.326 e. The fourth-order valence-electron chi connectivity index (χ4n) is 2.39. The molecule has 3 aromatic rings. The Labute approximate surface area is 141 Å². The van der Waals surface area contributed by atoms with E-state index < -0.39 is 10.5 Å². The van der Waals surface area contributed by atoms with E-state index >= 15 is 0 Å². The molecule has 3 rings (SSSR count). The van der Waals surface area contributed by atoms with E-state index in [1.54, 1.807) is 24.3 Å². The van der Waals surface area contributed by atoms with Crippen molar-refractivity contribution >= 4 is 28.2 Å². The number of nitrogens with zero attached hydrogens (tertiary/aromatic N) is 3. The molecule has 1 aromatic heterocycles. The Hall–Kier alpha value is -3.55. The Balaban J connectivity index is 1.77. The third kappa shape index (κ3) is 3.69. The van der Waals surface area contributed by atoms with Gasteiger partial charge in [0.1, 0.15) is 0 Å². The van der Waals surface area contributed by atoms with Crippen LogP contribution in [0.3, 0.4) is 0 Å². The van der Waals surface area contributed by atoms with Crippen LogP contribution in [0, 0.1) is 10.1 Å². The van der Waals surface area contributed by atoms with Gasteiger partial charge in [0.15, 0.2) is 0 Å². The topological polar surface area (TPSA) is 107 Å². The molecule has 0 bridgehead atoms. The maximum absolute atomic E-state index is 12.4. The maximum atomic E-state index is 12.4. The van der Waals surface area contributed by atoms with Crippen molar-refractivity contribution < 1.29 is 9.72 Å². The van der Waals surface area contributed by atoms with Gasteiger partial charge in [-0.15, -0.1) is 0 Å². The van der Waals surface area contributed by atoms with Gasteiger partial charge in [0.25, 0.3) is 11.2 Å². The highest BCUT2D eigenvalue weighted by Gasteiger charge is 2.11. The molecule has 0 saturated heterocycles. The lowest BCUT2D eigenvalue weighted by molar-refractivity contribution is -0.384. The van der Waals surface area contributed by atoms with Gasteiger partial charge in [-0.25, -0.2) is 4.98 Å². The van der Waals surface area contributed by atoms with E-state index in [9.17, 15) is 19.7 Å². The normalized spacial score (nSPS) is 10.6. The van der Waals surface area contributed by atoms with E-state index in [2.05, 4.69) is 10.3 Å².